The standard InChI is InChI=1S/C26H25NO2.ClH/c1-28-25-14-8-6-12-22(25)17-27-18-24-23-13-7-5-11-21(23)15-16-26(24)29-19-20-9-3-2-4-10-20;/h2-16,27H,17-19H2,1H3;1H. The Labute approximate surface area is 184 Å². The molecule has 4 heteroatoms. The van der Waals surface area contributed by atoms with Gasteiger partial charge in [-0.1, -0.05) is 78.9 Å². The lowest BCUT2D eigenvalue weighted by atomic mass is 10.0. The molecule has 0 saturated heterocycles. The van der Waals surface area contributed by atoms with Crippen molar-refractivity contribution >= 4 is 23.2 Å². The van der Waals surface area contributed by atoms with Gasteiger partial charge in [-0.05, 0) is 28.5 Å². The van der Waals surface area contributed by atoms with Crippen molar-refractivity contribution < 1.29 is 9.47 Å². The van der Waals surface area contributed by atoms with Crippen LogP contribution in [0, 0.1) is 0 Å². The highest BCUT2D eigenvalue weighted by atomic mass is 35.5. The van der Waals surface area contributed by atoms with E-state index in [1.54, 1.807) is 7.11 Å². The van der Waals surface area contributed by atoms with Crippen LogP contribution in [0.5, 0.6) is 11.5 Å². The summed E-state index contributed by atoms with van der Waals surface area (Å²) >= 11 is 0. The van der Waals surface area contributed by atoms with Gasteiger partial charge in [-0.2, -0.15) is 0 Å². The molecule has 0 unspecified atom stereocenters. The first-order valence-electron chi connectivity index (χ1n) is 9.85. The Bertz CT molecular complexity index is 1080. The topological polar surface area (TPSA) is 30.5 Å². The summed E-state index contributed by atoms with van der Waals surface area (Å²) < 4.78 is 11.7. The summed E-state index contributed by atoms with van der Waals surface area (Å²) in [6.07, 6.45) is 0. The average Bonchev–Trinajstić information content (AvgIpc) is 2.79. The Morgan fingerprint density at radius 3 is 2.27 bits per heavy atom. The largest absolute Gasteiger partial charge is 0.496 e. The lowest BCUT2D eigenvalue weighted by Crippen LogP contribution is -2.14. The van der Waals surface area contributed by atoms with Gasteiger partial charge >= 0.3 is 0 Å². The van der Waals surface area contributed by atoms with Crippen molar-refractivity contribution in [3.63, 3.8) is 0 Å². The van der Waals surface area contributed by atoms with Gasteiger partial charge in [-0.3, -0.25) is 0 Å². The maximum atomic E-state index is 6.21. The first kappa shape index (κ1) is 21.7. The highest BCUT2D eigenvalue weighted by Gasteiger charge is 2.10. The fourth-order valence-corrected chi connectivity index (χ4v) is 3.54. The molecule has 0 bridgehead atoms. The number of hydrogen-bond donors (Lipinski definition) is 1. The van der Waals surface area contributed by atoms with E-state index in [1.807, 2.05) is 36.4 Å². The molecule has 0 aromatic heterocycles. The summed E-state index contributed by atoms with van der Waals surface area (Å²) in [6, 6.07) is 31.0. The van der Waals surface area contributed by atoms with Crippen molar-refractivity contribution in [2.24, 2.45) is 0 Å². The molecule has 0 heterocycles. The number of halogens is 1. The molecule has 30 heavy (non-hydrogen) atoms. The SMILES string of the molecule is COc1ccccc1CNCc1c(OCc2ccccc2)ccc2ccccc12.Cl. The van der Waals surface area contributed by atoms with Crippen molar-refractivity contribution in [2.45, 2.75) is 19.7 Å². The van der Waals surface area contributed by atoms with E-state index in [9.17, 15) is 0 Å². The van der Waals surface area contributed by atoms with Crippen molar-refractivity contribution in [3.05, 3.63) is 108 Å². The molecule has 0 amide bonds. The van der Waals surface area contributed by atoms with Crippen LogP contribution in [0.4, 0.5) is 0 Å². The van der Waals surface area contributed by atoms with E-state index >= 15 is 0 Å². The molecule has 0 aliphatic rings. The highest BCUT2D eigenvalue weighted by molar-refractivity contribution is 5.87. The Morgan fingerprint density at radius 2 is 1.43 bits per heavy atom. The molecule has 0 radical (unpaired) electrons. The third-order valence-electron chi connectivity index (χ3n) is 5.04. The minimum Gasteiger partial charge on any atom is -0.496 e. The molecular formula is C26H26ClNO2. The normalized spacial score (nSPS) is 10.4. The Kier molecular flexibility index (Phi) is 7.72. The average molecular weight is 420 g/mol. The zero-order chi connectivity index (χ0) is 19.9. The molecule has 0 aliphatic heterocycles. The molecule has 4 aromatic carbocycles. The maximum absolute atomic E-state index is 6.21. The van der Waals surface area contributed by atoms with Gasteiger partial charge in [0.15, 0.2) is 0 Å². The first-order chi connectivity index (χ1) is 14.3. The lowest BCUT2D eigenvalue weighted by Gasteiger charge is -2.16. The molecule has 0 fully saturated rings. The van der Waals surface area contributed by atoms with Gasteiger partial charge in [0.1, 0.15) is 18.1 Å². The van der Waals surface area contributed by atoms with E-state index in [0.29, 0.717) is 13.2 Å². The molecule has 4 aromatic rings. The van der Waals surface area contributed by atoms with E-state index in [4.69, 9.17) is 9.47 Å². The molecule has 0 spiro atoms. The second-order valence-corrected chi connectivity index (χ2v) is 6.95. The van der Waals surface area contributed by atoms with Gasteiger partial charge in [0.05, 0.1) is 7.11 Å². The van der Waals surface area contributed by atoms with Crippen LogP contribution in [-0.2, 0) is 19.7 Å². The lowest BCUT2D eigenvalue weighted by molar-refractivity contribution is 0.302. The number of hydrogen-bond acceptors (Lipinski definition) is 3. The van der Waals surface area contributed by atoms with Gasteiger partial charge in [0.2, 0.25) is 0 Å². The summed E-state index contributed by atoms with van der Waals surface area (Å²) in [5.74, 6) is 1.82. The van der Waals surface area contributed by atoms with Gasteiger partial charge in [-0.15, -0.1) is 12.4 Å². The van der Waals surface area contributed by atoms with Crippen molar-refractivity contribution in [1.29, 1.82) is 0 Å². The van der Waals surface area contributed by atoms with E-state index in [1.165, 1.54) is 16.3 Å². The molecule has 0 saturated carbocycles. The maximum Gasteiger partial charge on any atom is 0.124 e. The van der Waals surface area contributed by atoms with Crippen LogP contribution < -0.4 is 14.8 Å². The second kappa shape index (κ2) is 10.7. The van der Waals surface area contributed by atoms with Gasteiger partial charge in [0, 0.05) is 24.2 Å². The summed E-state index contributed by atoms with van der Waals surface area (Å²) in [4.78, 5) is 0. The predicted octanol–water partition coefficient (Wildman–Crippen LogP) is 6.14. The zero-order valence-corrected chi connectivity index (χ0v) is 17.8. The van der Waals surface area contributed by atoms with Gasteiger partial charge in [-0.25, -0.2) is 0 Å². The quantitative estimate of drug-likeness (QED) is 0.372. The molecule has 0 atom stereocenters. The van der Waals surface area contributed by atoms with Gasteiger partial charge in [0.25, 0.3) is 0 Å². The molecule has 4 rings (SSSR count). The van der Waals surface area contributed by atoms with Crippen LogP contribution in [0.15, 0.2) is 91.0 Å². The molecule has 154 valence electrons. The van der Waals surface area contributed by atoms with E-state index in [0.717, 1.165) is 29.2 Å². The van der Waals surface area contributed by atoms with Crippen LogP contribution in [-0.4, -0.2) is 7.11 Å². The summed E-state index contributed by atoms with van der Waals surface area (Å²) in [5.41, 5.74) is 3.48. The van der Waals surface area contributed by atoms with Crippen molar-refractivity contribution in [1.82, 2.24) is 5.32 Å². The van der Waals surface area contributed by atoms with Crippen LogP contribution in [0.25, 0.3) is 10.8 Å². The number of methoxy groups -OCH3 is 1. The van der Waals surface area contributed by atoms with Crippen LogP contribution in [0.2, 0.25) is 0 Å². The fourth-order valence-electron chi connectivity index (χ4n) is 3.54. The third kappa shape index (κ3) is 5.12. The Morgan fingerprint density at radius 1 is 0.700 bits per heavy atom. The van der Waals surface area contributed by atoms with E-state index in [-0.39, 0.29) is 12.4 Å². The monoisotopic (exact) mass is 419 g/mol. The number of para-hydroxylation sites is 1. The number of nitrogens with one attached hydrogen (secondary N) is 1. The molecular weight excluding hydrogens is 394 g/mol. The van der Waals surface area contributed by atoms with E-state index < -0.39 is 0 Å². The highest BCUT2D eigenvalue weighted by Crippen LogP contribution is 2.29. The van der Waals surface area contributed by atoms with Crippen LogP contribution in [0.1, 0.15) is 16.7 Å². The number of benzene rings is 4. The van der Waals surface area contributed by atoms with E-state index in [2.05, 4.69) is 59.9 Å². The number of ether oxygens (including phenoxy) is 2. The zero-order valence-electron chi connectivity index (χ0n) is 17.0. The first-order valence-corrected chi connectivity index (χ1v) is 9.85. The molecule has 1 N–H and O–H groups in total. The molecule has 0 aliphatic carbocycles. The third-order valence-corrected chi connectivity index (χ3v) is 5.04. The number of rotatable bonds is 8. The Balaban J connectivity index is 0.00000256. The smallest absolute Gasteiger partial charge is 0.124 e. The predicted molar refractivity (Wildman–Crippen MR) is 126 cm³/mol. The summed E-state index contributed by atoms with van der Waals surface area (Å²) in [6.45, 7) is 1.99. The molecule has 3 nitrogen and oxygen atoms in total. The summed E-state index contributed by atoms with van der Waals surface area (Å²) in [7, 11) is 1.71. The fraction of sp³-hybridized carbons (Fsp3) is 0.154. The Hall–Kier alpha value is -3.01. The summed E-state index contributed by atoms with van der Waals surface area (Å²) in [5, 5.41) is 5.99. The van der Waals surface area contributed by atoms with Crippen LogP contribution in [0.3, 0.4) is 0 Å². The van der Waals surface area contributed by atoms with Gasteiger partial charge < -0.3 is 14.8 Å². The minimum atomic E-state index is 0. The second-order valence-electron chi connectivity index (χ2n) is 6.95. The van der Waals surface area contributed by atoms with Crippen molar-refractivity contribution in [2.75, 3.05) is 7.11 Å². The number of fused-ring (bicyclic) bond motifs is 1. The van der Waals surface area contributed by atoms with Crippen molar-refractivity contribution in [3.8, 4) is 11.5 Å². The van der Waals surface area contributed by atoms with Crippen LogP contribution >= 0.6 is 12.4 Å². The minimum absolute atomic E-state index is 0.